The van der Waals surface area contributed by atoms with Crippen LogP contribution in [0, 0.1) is 27.7 Å². The summed E-state index contributed by atoms with van der Waals surface area (Å²) in [4.78, 5) is 4.48. The number of aryl methyl sites for hydroxylation is 4. The zero-order valence-electron chi connectivity index (χ0n) is 16.6. The van der Waals surface area contributed by atoms with E-state index in [1.165, 1.54) is 22.1 Å². The smallest absolute Gasteiger partial charge is 0.0734 e. The van der Waals surface area contributed by atoms with Crippen LogP contribution in [-0.4, -0.2) is 4.98 Å². The van der Waals surface area contributed by atoms with E-state index >= 15 is 0 Å². The second-order valence-corrected chi connectivity index (χ2v) is 5.25. The van der Waals surface area contributed by atoms with Crippen LogP contribution in [0.3, 0.4) is 0 Å². The second kappa shape index (κ2) is 12.3. The molecular weight excluding hydrogens is 290 g/mol. The van der Waals surface area contributed by atoms with Crippen LogP contribution in [0.4, 0.5) is 0 Å². The molecule has 0 aliphatic heterocycles. The van der Waals surface area contributed by atoms with Gasteiger partial charge in [-0.3, -0.25) is 4.98 Å². The molecule has 0 amide bonds. The van der Waals surface area contributed by atoms with Crippen LogP contribution in [-0.2, 0) is 0 Å². The lowest BCUT2D eigenvalue weighted by molar-refractivity contribution is 1.24. The molecule has 3 aromatic rings. The first-order valence-electron chi connectivity index (χ1n) is 8.92. The van der Waals surface area contributed by atoms with Crippen molar-refractivity contribution in [2.75, 3.05) is 0 Å². The van der Waals surface area contributed by atoms with Crippen molar-refractivity contribution in [3.63, 3.8) is 0 Å². The van der Waals surface area contributed by atoms with Crippen molar-refractivity contribution in [2.24, 2.45) is 0 Å². The van der Waals surface area contributed by atoms with Crippen molar-refractivity contribution in [1.82, 2.24) is 4.98 Å². The van der Waals surface area contributed by atoms with E-state index < -0.39 is 0 Å². The van der Waals surface area contributed by atoms with Crippen LogP contribution in [0.2, 0.25) is 0 Å². The zero-order valence-corrected chi connectivity index (χ0v) is 16.6. The molecule has 3 rings (SSSR count). The van der Waals surface area contributed by atoms with Crippen LogP contribution in [0.15, 0.2) is 54.6 Å². The van der Waals surface area contributed by atoms with E-state index in [0.717, 1.165) is 11.2 Å². The fourth-order valence-corrected chi connectivity index (χ4v) is 2.03. The topological polar surface area (TPSA) is 12.9 Å². The van der Waals surface area contributed by atoms with Gasteiger partial charge in [-0.05, 0) is 39.3 Å². The summed E-state index contributed by atoms with van der Waals surface area (Å²) in [6.07, 6.45) is 0. The number of para-hydroxylation sites is 1. The van der Waals surface area contributed by atoms with Gasteiger partial charge in [0.25, 0.3) is 0 Å². The minimum Gasteiger partial charge on any atom is -0.253 e. The maximum absolute atomic E-state index is 4.48. The summed E-state index contributed by atoms with van der Waals surface area (Å²) in [5.74, 6) is 0. The number of aromatic nitrogens is 1. The van der Waals surface area contributed by atoms with Crippen LogP contribution in [0.25, 0.3) is 10.9 Å². The van der Waals surface area contributed by atoms with Crippen molar-refractivity contribution in [1.29, 1.82) is 0 Å². The zero-order chi connectivity index (χ0) is 18.5. The third kappa shape index (κ3) is 7.41. The van der Waals surface area contributed by atoms with E-state index in [-0.39, 0.29) is 0 Å². The van der Waals surface area contributed by atoms with Gasteiger partial charge in [0, 0.05) is 11.1 Å². The summed E-state index contributed by atoms with van der Waals surface area (Å²) < 4.78 is 0. The van der Waals surface area contributed by atoms with Crippen molar-refractivity contribution >= 4 is 10.9 Å². The highest BCUT2D eigenvalue weighted by Crippen LogP contribution is 2.15. The molecule has 0 radical (unpaired) electrons. The lowest BCUT2D eigenvalue weighted by atomic mass is 10.1. The molecule has 0 N–H and O–H groups in total. The number of benzene rings is 2. The Balaban J connectivity index is 0.000000385. The van der Waals surface area contributed by atoms with Crippen molar-refractivity contribution in [3.05, 3.63) is 77.0 Å². The maximum atomic E-state index is 4.48. The van der Waals surface area contributed by atoms with Crippen molar-refractivity contribution < 1.29 is 0 Å². The van der Waals surface area contributed by atoms with Crippen molar-refractivity contribution in [2.45, 2.75) is 55.4 Å². The molecule has 24 heavy (non-hydrogen) atoms. The molecule has 0 aliphatic carbocycles. The SMILES string of the molecule is CC.CC.Cc1ccc(C)cc1.Cc1ccc2cccc(C)c2n1. The minimum atomic E-state index is 1.08. The summed E-state index contributed by atoms with van der Waals surface area (Å²) >= 11 is 0. The second-order valence-electron chi connectivity index (χ2n) is 5.25. The highest BCUT2D eigenvalue weighted by atomic mass is 14.7. The Bertz CT molecular complexity index is 676. The fourth-order valence-electron chi connectivity index (χ4n) is 2.03. The molecule has 2 aromatic carbocycles. The van der Waals surface area contributed by atoms with Gasteiger partial charge in [-0.1, -0.05) is 87.4 Å². The maximum Gasteiger partial charge on any atom is 0.0734 e. The predicted octanol–water partition coefficient (Wildman–Crippen LogP) is 7.21. The van der Waals surface area contributed by atoms with E-state index in [1.54, 1.807) is 0 Å². The van der Waals surface area contributed by atoms with Gasteiger partial charge in [0.05, 0.1) is 5.52 Å². The van der Waals surface area contributed by atoms with E-state index in [2.05, 4.69) is 74.3 Å². The Hall–Kier alpha value is -2.15. The molecule has 0 saturated carbocycles. The van der Waals surface area contributed by atoms with Crippen molar-refractivity contribution in [3.8, 4) is 0 Å². The third-order valence-electron chi connectivity index (χ3n) is 3.28. The minimum absolute atomic E-state index is 1.08. The molecular formula is C23H33N. The molecule has 0 bridgehead atoms. The normalized spacial score (nSPS) is 8.83. The van der Waals surface area contributed by atoms with Crippen LogP contribution >= 0.6 is 0 Å². The van der Waals surface area contributed by atoms with Gasteiger partial charge in [0.1, 0.15) is 0 Å². The van der Waals surface area contributed by atoms with E-state index in [1.807, 2.05) is 40.7 Å². The lowest BCUT2D eigenvalue weighted by Crippen LogP contribution is -1.85. The highest BCUT2D eigenvalue weighted by molar-refractivity contribution is 5.81. The molecule has 1 nitrogen and oxygen atoms in total. The third-order valence-corrected chi connectivity index (χ3v) is 3.28. The molecule has 130 valence electrons. The van der Waals surface area contributed by atoms with Gasteiger partial charge >= 0.3 is 0 Å². The highest BCUT2D eigenvalue weighted by Gasteiger charge is 1.96. The molecule has 0 saturated heterocycles. The Morgan fingerprint density at radius 1 is 0.583 bits per heavy atom. The quantitative estimate of drug-likeness (QED) is 0.426. The molecule has 0 fully saturated rings. The van der Waals surface area contributed by atoms with Crippen LogP contribution in [0.5, 0.6) is 0 Å². The Labute approximate surface area is 148 Å². The Morgan fingerprint density at radius 2 is 1.08 bits per heavy atom. The van der Waals surface area contributed by atoms with Gasteiger partial charge in [-0.15, -0.1) is 0 Å². The largest absolute Gasteiger partial charge is 0.253 e. The first-order chi connectivity index (χ1) is 11.6. The van der Waals surface area contributed by atoms with Gasteiger partial charge in [-0.2, -0.15) is 0 Å². The molecule has 1 aromatic heterocycles. The molecule has 0 aliphatic rings. The van der Waals surface area contributed by atoms with E-state index in [0.29, 0.717) is 0 Å². The molecule has 1 heteroatoms. The summed E-state index contributed by atoms with van der Waals surface area (Å²) in [5.41, 5.74) is 6.11. The molecule has 1 heterocycles. The number of rotatable bonds is 0. The summed E-state index contributed by atoms with van der Waals surface area (Å²) in [7, 11) is 0. The van der Waals surface area contributed by atoms with Gasteiger partial charge in [0.2, 0.25) is 0 Å². The molecule has 0 atom stereocenters. The molecule has 0 unspecified atom stereocenters. The first-order valence-corrected chi connectivity index (χ1v) is 8.92. The Morgan fingerprint density at radius 3 is 1.58 bits per heavy atom. The van der Waals surface area contributed by atoms with E-state index in [4.69, 9.17) is 0 Å². The monoisotopic (exact) mass is 323 g/mol. The average molecular weight is 324 g/mol. The van der Waals surface area contributed by atoms with Gasteiger partial charge in [-0.25, -0.2) is 0 Å². The van der Waals surface area contributed by atoms with E-state index in [9.17, 15) is 0 Å². The number of hydrogen-bond acceptors (Lipinski definition) is 1. The number of fused-ring (bicyclic) bond motifs is 1. The summed E-state index contributed by atoms with van der Waals surface area (Å²) in [6.45, 7) is 16.3. The molecule has 0 spiro atoms. The number of pyridine rings is 1. The van der Waals surface area contributed by atoms with Crippen LogP contribution < -0.4 is 0 Å². The lowest BCUT2D eigenvalue weighted by Gasteiger charge is -2.00. The summed E-state index contributed by atoms with van der Waals surface area (Å²) in [5, 5.41) is 1.22. The van der Waals surface area contributed by atoms with Gasteiger partial charge in [0.15, 0.2) is 0 Å². The van der Waals surface area contributed by atoms with Gasteiger partial charge < -0.3 is 0 Å². The summed E-state index contributed by atoms with van der Waals surface area (Å²) in [6, 6.07) is 18.9. The number of hydrogen-bond donors (Lipinski definition) is 0. The van der Waals surface area contributed by atoms with Crippen LogP contribution in [0.1, 0.15) is 50.1 Å². The Kier molecular flexibility index (Phi) is 11.2. The standard InChI is InChI=1S/C11H11N.C8H10.2C2H6/c1-8-4-3-5-10-7-6-9(2)12-11(8)10;1-7-3-5-8(2)6-4-7;2*1-2/h3-7H,1-2H3;3-6H,1-2H3;2*1-2H3. The average Bonchev–Trinajstić information content (AvgIpc) is 2.62. The fraction of sp³-hybridized carbons (Fsp3) is 0.348. The number of nitrogens with zero attached hydrogens (tertiary/aromatic N) is 1. The predicted molar refractivity (Wildman–Crippen MR) is 110 cm³/mol. The first kappa shape index (κ1) is 21.9.